The summed E-state index contributed by atoms with van der Waals surface area (Å²) in [6, 6.07) is -0.583. The molecule has 1 heterocycles. The summed E-state index contributed by atoms with van der Waals surface area (Å²) >= 11 is 0. The van der Waals surface area contributed by atoms with E-state index in [9.17, 15) is 13.8 Å². The average molecular weight is 203 g/mol. The highest BCUT2D eigenvalue weighted by Gasteiger charge is 2.21. The first-order chi connectivity index (χ1) is 6.00. The van der Waals surface area contributed by atoms with Gasteiger partial charge in [0.15, 0.2) is 11.0 Å². The van der Waals surface area contributed by atoms with Gasteiger partial charge in [0.05, 0.1) is 11.3 Å². The van der Waals surface area contributed by atoms with Crippen molar-refractivity contribution in [3.63, 3.8) is 0 Å². The molecular weight excluding hydrogens is 194 g/mol. The number of carbonyl (C=O) groups excluding carboxylic acids is 2. The van der Waals surface area contributed by atoms with Crippen LogP contribution in [0, 0.1) is 0 Å². The van der Waals surface area contributed by atoms with Gasteiger partial charge in [-0.3, -0.25) is 9.52 Å². The zero-order valence-corrected chi connectivity index (χ0v) is 7.73. The van der Waals surface area contributed by atoms with Gasteiger partial charge in [-0.1, -0.05) is 0 Å². The first-order valence-electron chi connectivity index (χ1n) is 3.48. The van der Waals surface area contributed by atoms with Gasteiger partial charge >= 0.3 is 6.03 Å². The number of urea groups is 1. The Balaban J connectivity index is 2.90. The Morgan fingerprint density at radius 1 is 1.62 bits per heavy atom. The normalized spacial score (nSPS) is 22.2. The van der Waals surface area contributed by atoms with E-state index in [4.69, 9.17) is 5.73 Å². The maximum absolute atomic E-state index is 11.1. The topological polar surface area (TPSA) is 101 Å². The van der Waals surface area contributed by atoms with E-state index in [1.54, 1.807) is 6.92 Å². The SMILES string of the molecule is CC1=C(CC(N)=O)NC(=O)NS1=O. The number of amides is 3. The van der Waals surface area contributed by atoms with Crippen LogP contribution in [0.15, 0.2) is 10.6 Å². The Labute approximate surface area is 77.1 Å². The molecular formula is C6H9N3O3S. The van der Waals surface area contributed by atoms with E-state index in [1.165, 1.54) is 0 Å². The molecule has 0 aromatic heterocycles. The van der Waals surface area contributed by atoms with E-state index < -0.39 is 22.9 Å². The first kappa shape index (κ1) is 9.72. The van der Waals surface area contributed by atoms with Crippen LogP contribution in [0.1, 0.15) is 13.3 Å². The van der Waals surface area contributed by atoms with E-state index in [0.29, 0.717) is 10.6 Å². The van der Waals surface area contributed by atoms with Crippen molar-refractivity contribution in [3.05, 3.63) is 10.6 Å². The lowest BCUT2D eigenvalue weighted by molar-refractivity contribution is -0.117. The molecule has 0 radical (unpaired) electrons. The van der Waals surface area contributed by atoms with Crippen LogP contribution in [-0.2, 0) is 15.8 Å². The number of carbonyl (C=O) groups is 2. The van der Waals surface area contributed by atoms with Crippen LogP contribution in [0.5, 0.6) is 0 Å². The van der Waals surface area contributed by atoms with Crippen LogP contribution in [0.2, 0.25) is 0 Å². The van der Waals surface area contributed by atoms with Crippen molar-refractivity contribution in [2.45, 2.75) is 13.3 Å². The Morgan fingerprint density at radius 2 is 2.23 bits per heavy atom. The second-order valence-corrected chi connectivity index (χ2v) is 3.86. The second-order valence-electron chi connectivity index (χ2n) is 2.50. The smallest absolute Gasteiger partial charge is 0.331 e. The van der Waals surface area contributed by atoms with Crippen LogP contribution < -0.4 is 15.8 Å². The molecule has 1 aliphatic rings. The van der Waals surface area contributed by atoms with E-state index in [1.807, 2.05) is 0 Å². The third-order valence-electron chi connectivity index (χ3n) is 1.50. The van der Waals surface area contributed by atoms with Crippen molar-refractivity contribution in [1.82, 2.24) is 10.0 Å². The molecule has 0 aromatic carbocycles. The molecule has 0 saturated heterocycles. The van der Waals surface area contributed by atoms with Crippen molar-refractivity contribution >= 4 is 22.9 Å². The molecule has 7 heteroatoms. The first-order valence-corrected chi connectivity index (χ1v) is 4.63. The Bertz CT molecular complexity index is 323. The van der Waals surface area contributed by atoms with E-state index in [0.717, 1.165) is 0 Å². The quantitative estimate of drug-likeness (QED) is 0.540. The summed E-state index contributed by atoms with van der Waals surface area (Å²) in [5.41, 5.74) is 5.25. The van der Waals surface area contributed by atoms with Crippen LogP contribution in [0.3, 0.4) is 0 Å². The summed E-state index contributed by atoms with van der Waals surface area (Å²) in [6.45, 7) is 1.56. The summed E-state index contributed by atoms with van der Waals surface area (Å²) in [6.07, 6.45) is -0.106. The molecule has 3 amide bonds. The lowest BCUT2D eigenvalue weighted by atomic mass is 10.3. The highest BCUT2D eigenvalue weighted by atomic mass is 32.2. The van der Waals surface area contributed by atoms with Crippen molar-refractivity contribution in [2.24, 2.45) is 5.73 Å². The summed E-state index contributed by atoms with van der Waals surface area (Å²) in [4.78, 5) is 21.8. The second kappa shape index (κ2) is 3.56. The summed E-state index contributed by atoms with van der Waals surface area (Å²) in [5, 5.41) is 2.36. The molecule has 0 aromatic rings. The lowest BCUT2D eigenvalue weighted by Gasteiger charge is -2.17. The highest BCUT2D eigenvalue weighted by Crippen LogP contribution is 2.11. The predicted octanol–water partition coefficient (Wildman–Crippen LogP) is -0.930. The molecule has 13 heavy (non-hydrogen) atoms. The van der Waals surface area contributed by atoms with Gasteiger partial charge in [0.25, 0.3) is 0 Å². The average Bonchev–Trinajstić information content (AvgIpc) is 1.98. The van der Waals surface area contributed by atoms with Crippen molar-refractivity contribution in [3.8, 4) is 0 Å². The molecule has 1 unspecified atom stereocenters. The summed E-state index contributed by atoms with van der Waals surface area (Å²) in [7, 11) is -1.55. The standard InChI is InChI=1S/C6H9N3O3S/c1-3-4(2-5(7)10)8-6(11)9-13(3)12/h2H2,1H3,(H2,7,10)(H2,8,9,11). The van der Waals surface area contributed by atoms with Gasteiger partial charge in [-0.25, -0.2) is 9.00 Å². The molecule has 72 valence electrons. The van der Waals surface area contributed by atoms with E-state index in [2.05, 4.69) is 10.0 Å². The highest BCUT2D eigenvalue weighted by molar-refractivity contribution is 7.87. The van der Waals surface area contributed by atoms with Crippen LogP contribution in [-0.4, -0.2) is 16.1 Å². The molecule has 0 fully saturated rings. The number of nitrogens with two attached hydrogens (primary N) is 1. The number of hydrogen-bond acceptors (Lipinski definition) is 3. The summed E-state index contributed by atoms with van der Waals surface area (Å²) in [5.74, 6) is -0.575. The Morgan fingerprint density at radius 3 is 2.77 bits per heavy atom. The minimum absolute atomic E-state index is 0.106. The van der Waals surface area contributed by atoms with Crippen molar-refractivity contribution in [1.29, 1.82) is 0 Å². The molecule has 0 saturated carbocycles. The number of allylic oxidation sites excluding steroid dienone is 1. The fourth-order valence-corrected chi connectivity index (χ4v) is 1.59. The fourth-order valence-electron chi connectivity index (χ4n) is 0.866. The maximum atomic E-state index is 11.1. The van der Waals surface area contributed by atoms with Gasteiger partial charge in [-0.05, 0) is 6.92 Å². The molecule has 4 N–H and O–H groups in total. The number of hydrogen-bond donors (Lipinski definition) is 3. The summed E-state index contributed by atoms with van der Waals surface area (Å²) < 4.78 is 13.3. The van der Waals surface area contributed by atoms with Gasteiger partial charge in [-0.15, -0.1) is 0 Å². The van der Waals surface area contributed by atoms with Gasteiger partial charge in [0.1, 0.15) is 0 Å². The van der Waals surface area contributed by atoms with Crippen molar-refractivity contribution < 1.29 is 13.8 Å². The number of rotatable bonds is 2. The van der Waals surface area contributed by atoms with Gasteiger partial charge in [0.2, 0.25) is 5.91 Å². The molecule has 0 bridgehead atoms. The zero-order valence-electron chi connectivity index (χ0n) is 6.92. The monoisotopic (exact) mass is 203 g/mol. The third-order valence-corrected chi connectivity index (χ3v) is 2.68. The van der Waals surface area contributed by atoms with Crippen LogP contribution in [0.25, 0.3) is 0 Å². The van der Waals surface area contributed by atoms with Crippen molar-refractivity contribution in [2.75, 3.05) is 0 Å². The van der Waals surface area contributed by atoms with Gasteiger partial charge in [0, 0.05) is 5.70 Å². The molecule has 1 atom stereocenters. The van der Waals surface area contributed by atoms with Crippen LogP contribution >= 0.6 is 0 Å². The van der Waals surface area contributed by atoms with Gasteiger partial charge < -0.3 is 11.1 Å². The molecule has 6 nitrogen and oxygen atoms in total. The van der Waals surface area contributed by atoms with E-state index >= 15 is 0 Å². The third kappa shape index (κ3) is 2.28. The molecule has 0 aliphatic carbocycles. The maximum Gasteiger partial charge on any atom is 0.331 e. The molecule has 0 spiro atoms. The van der Waals surface area contributed by atoms with Gasteiger partial charge in [-0.2, -0.15) is 0 Å². The van der Waals surface area contributed by atoms with Crippen LogP contribution in [0.4, 0.5) is 4.79 Å². The number of nitrogens with one attached hydrogen (secondary N) is 2. The Hall–Kier alpha value is -1.37. The minimum atomic E-state index is -1.55. The predicted molar refractivity (Wildman–Crippen MR) is 46.3 cm³/mol. The van der Waals surface area contributed by atoms with E-state index in [-0.39, 0.29) is 6.42 Å². The minimum Gasteiger partial charge on any atom is -0.369 e. The fraction of sp³-hybridized carbons (Fsp3) is 0.333. The largest absolute Gasteiger partial charge is 0.369 e. The molecule has 1 aliphatic heterocycles. The number of primary amides is 1. The molecule has 1 rings (SSSR count). The zero-order chi connectivity index (χ0) is 10.0. The lowest BCUT2D eigenvalue weighted by Crippen LogP contribution is -2.42. The Kier molecular flexibility index (Phi) is 2.66.